The molecule has 0 bridgehead atoms. The second kappa shape index (κ2) is 9.90. The van der Waals surface area contributed by atoms with E-state index in [2.05, 4.69) is 17.3 Å². The second-order valence-corrected chi connectivity index (χ2v) is 5.78. The van der Waals surface area contributed by atoms with Gasteiger partial charge in [0.15, 0.2) is 0 Å². The van der Waals surface area contributed by atoms with Crippen molar-refractivity contribution in [3.63, 3.8) is 0 Å². The van der Waals surface area contributed by atoms with Crippen LogP contribution in [0.5, 0.6) is 0 Å². The van der Waals surface area contributed by atoms with E-state index in [0.717, 1.165) is 5.92 Å². The summed E-state index contributed by atoms with van der Waals surface area (Å²) in [6.45, 7) is 3.82. The van der Waals surface area contributed by atoms with Crippen LogP contribution in [0.25, 0.3) is 0 Å². The molecule has 0 spiro atoms. The Morgan fingerprint density at radius 1 is 1.00 bits per heavy atom. The molecule has 0 atom stereocenters. The lowest BCUT2D eigenvalue weighted by atomic mass is 9.89. The van der Waals surface area contributed by atoms with Gasteiger partial charge < -0.3 is 10.2 Å². The van der Waals surface area contributed by atoms with E-state index in [4.69, 9.17) is 0 Å². The molecule has 1 fully saturated rings. The fourth-order valence-corrected chi connectivity index (χ4v) is 2.94. The SMILES string of the molecule is CNCCCCCCN(C)CC1CCCCC1. The number of nitrogens with zero attached hydrogens (tertiary/aromatic N) is 1. The third kappa shape index (κ3) is 7.77. The molecule has 0 aromatic carbocycles. The summed E-state index contributed by atoms with van der Waals surface area (Å²) in [5.74, 6) is 0.998. The van der Waals surface area contributed by atoms with Crippen LogP contribution in [0.3, 0.4) is 0 Å². The summed E-state index contributed by atoms with van der Waals surface area (Å²) in [4.78, 5) is 2.56. The molecule has 17 heavy (non-hydrogen) atoms. The minimum absolute atomic E-state index is 0.998. The van der Waals surface area contributed by atoms with E-state index in [9.17, 15) is 0 Å². The number of rotatable bonds is 9. The maximum atomic E-state index is 3.21. The standard InChI is InChI=1S/C15H32N2/c1-16-12-8-3-4-9-13-17(2)14-15-10-6-5-7-11-15/h15-16H,3-14H2,1-2H3. The summed E-state index contributed by atoms with van der Waals surface area (Å²) in [5.41, 5.74) is 0. The zero-order chi connectivity index (χ0) is 12.3. The third-order valence-electron chi connectivity index (χ3n) is 4.01. The van der Waals surface area contributed by atoms with Gasteiger partial charge in [0.05, 0.1) is 0 Å². The fraction of sp³-hybridized carbons (Fsp3) is 1.00. The van der Waals surface area contributed by atoms with Crippen LogP contribution in [-0.2, 0) is 0 Å². The van der Waals surface area contributed by atoms with Crippen molar-refractivity contribution in [1.82, 2.24) is 10.2 Å². The first-order valence-corrected chi connectivity index (χ1v) is 7.66. The lowest BCUT2D eigenvalue weighted by Crippen LogP contribution is -2.27. The molecule has 0 heterocycles. The third-order valence-corrected chi connectivity index (χ3v) is 4.01. The molecule has 0 radical (unpaired) electrons. The molecule has 1 aliphatic carbocycles. The second-order valence-electron chi connectivity index (χ2n) is 5.78. The first kappa shape index (κ1) is 15.0. The van der Waals surface area contributed by atoms with Gasteiger partial charge in [-0.1, -0.05) is 32.1 Å². The highest BCUT2D eigenvalue weighted by molar-refractivity contribution is 4.68. The molecule has 1 aliphatic rings. The lowest BCUT2D eigenvalue weighted by Gasteiger charge is -2.26. The van der Waals surface area contributed by atoms with E-state index in [-0.39, 0.29) is 0 Å². The van der Waals surface area contributed by atoms with Crippen LogP contribution in [0, 0.1) is 5.92 Å². The topological polar surface area (TPSA) is 15.3 Å². The van der Waals surface area contributed by atoms with Crippen molar-refractivity contribution in [2.24, 2.45) is 5.92 Å². The van der Waals surface area contributed by atoms with Crippen molar-refractivity contribution in [3.05, 3.63) is 0 Å². The summed E-state index contributed by atoms with van der Waals surface area (Å²) in [7, 11) is 4.35. The van der Waals surface area contributed by atoms with E-state index in [1.165, 1.54) is 77.4 Å². The van der Waals surface area contributed by atoms with Gasteiger partial charge in [0.25, 0.3) is 0 Å². The average molecular weight is 240 g/mol. The van der Waals surface area contributed by atoms with Crippen molar-refractivity contribution < 1.29 is 0 Å². The van der Waals surface area contributed by atoms with Gasteiger partial charge in [-0.3, -0.25) is 0 Å². The smallest absolute Gasteiger partial charge is 0.000661 e. The zero-order valence-electron chi connectivity index (χ0n) is 12.0. The molecule has 2 nitrogen and oxygen atoms in total. The van der Waals surface area contributed by atoms with Crippen molar-refractivity contribution in [1.29, 1.82) is 0 Å². The van der Waals surface area contributed by atoms with Crippen LogP contribution in [0.4, 0.5) is 0 Å². The van der Waals surface area contributed by atoms with Gasteiger partial charge in [0, 0.05) is 6.54 Å². The average Bonchev–Trinajstić information content (AvgIpc) is 2.35. The van der Waals surface area contributed by atoms with Gasteiger partial charge in [0.1, 0.15) is 0 Å². The summed E-state index contributed by atoms with van der Waals surface area (Å²) in [5, 5.41) is 3.21. The predicted molar refractivity (Wildman–Crippen MR) is 76.5 cm³/mol. The van der Waals surface area contributed by atoms with Gasteiger partial charge in [-0.05, 0) is 58.8 Å². The molecular weight excluding hydrogens is 208 g/mol. The van der Waals surface area contributed by atoms with Crippen LogP contribution in [-0.4, -0.2) is 38.6 Å². The molecule has 1 N–H and O–H groups in total. The molecule has 0 saturated heterocycles. The van der Waals surface area contributed by atoms with Crippen molar-refractivity contribution in [2.75, 3.05) is 33.7 Å². The maximum Gasteiger partial charge on any atom is 0.000661 e. The number of unbranched alkanes of at least 4 members (excludes halogenated alkanes) is 3. The Hall–Kier alpha value is -0.0800. The first-order valence-electron chi connectivity index (χ1n) is 7.66. The highest BCUT2D eigenvalue weighted by Gasteiger charge is 2.14. The Balaban J connectivity index is 1.91. The van der Waals surface area contributed by atoms with E-state index in [1.54, 1.807) is 0 Å². The molecule has 102 valence electrons. The summed E-state index contributed by atoms with van der Waals surface area (Å²) in [6, 6.07) is 0. The maximum absolute atomic E-state index is 3.21. The minimum Gasteiger partial charge on any atom is -0.320 e. The van der Waals surface area contributed by atoms with Crippen LogP contribution >= 0.6 is 0 Å². The van der Waals surface area contributed by atoms with E-state index in [1.807, 2.05) is 7.05 Å². The molecule has 0 amide bonds. The normalized spacial score (nSPS) is 17.8. The molecule has 0 aromatic heterocycles. The Morgan fingerprint density at radius 2 is 1.71 bits per heavy atom. The van der Waals surface area contributed by atoms with Gasteiger partial charge in [-0.2, -0.15) is 0 Å². The Morgan fingerprint density at radius 3 is 2.41 bits per heavy atom. The molecular formula is C15H32N2. The Labute approximate surface area is 108 Å². The number of hydrogen-bond donors (Lipinski definition) is 1. The van der Waals surface area contributed by atoms with E-state index >= 15 is 0 Å². The largest absolute Gasteiger partial charge is 0.320 e. The van der Waals surface area contributed by atoms with Gasteiger partial charge >= 0.3 is 0 Å². The molecule has 0 aromatic rings. The Kier molecular flexibility index (Phi) is 8.72. The highest BCUT2D eigenvalue weighted by atomic mass is 15.1. The minimum atomic E-state index is 0.998. The van der Waals surface area contributed by atoms with Crippen LogP contribution in [0.2, 0.25) is 0 Å². The van der Waals surface area contributed by atoms with Gasteiger partial charge in [0.2, 0.25) is 0 Å². The molecule has 0 aliphatic heterocycles. The number of nitrogens with one attached hydrogen (secondary N) is 1. The van der Waals surface area contributed by atoms with Crippen LogP contribution in [0.1, 0.15) is 57.8 Å². The van der Waals surface area contributed by atoms with Crippen molar-refractivity contribution in [2.45, 2.75) is 57.8 Å². The first-order chi connectivity index (χ1) is 8.33. The lowest BCUT2D eigenvalue weighted by molar-refractivity contribution is 0.230. The quantitative estimate of drug-likeness (QED) is 0.622. The Bertz CT molecular complexity index is 164. The zero-order valence-corrected chi connectivity index (χ0v) is 12.0. The van der Waals surface area contributed by atoms with Crippen LogP contribution < -0.4 is 5.32 Å². The summed E-state index contributed by atoms with van der Waals surface area (Å²) >= 11 is 0. The van der Waals surface area contributed by atoms with E-state index in [0.29, 0.717) is 0 Å². The van der Waals surface area contributed by atoms with Gasteiger partial charge in [-0.25, -0.2) is 0 Å². The highest BCUT2D eigenvalue weighted by Crippen LogP contribution is 2.24. The molecule has 1 saturated carbocycles. The fourth-order valence-electron chi connectivity index (χ4n) is 2.94. The molecule has 1 rings (SSSR count). The monoisotopic (exact) mass is 240 g/mol. The summed E-state index contributed by atoms with van der Waals surface area (Å²) < 4.78 is 0. The molecule has 2 heteroatoms. The van der Waals surface area contributed by atoms with Crippen LogP contribution in [0.15, 0.2) is 0 Å². The number of hydrogen-bond acceptors (Lipinski definition) is 2. The predicted octanol–water partition coefficient (Wildman–Crippen LogP) is 3.28. The van der Waals surface area contributed by atoms with Gasteiger partial charge in [-0.15, -0.1) is 0 Å². The molecule has 0 unspecified atom stereocenters. The van der Waals surface area contributed by atoms with Crippen molar-refractivity contribution in [3.8, 4) is 0 Å². The van der Waals surface area contributed by atoms with E-state index < -0.39 is 0 Å². The summed E-state index contributed by atoms with van der Waals surface area (Å²) in [6.07, 6.45) is 12.9. The van der Waals surface area contributed by atoms with Crippen molar-refractivity contribution >= 4 is 0 Å².